The van der Waals surface area contributed by atoms with E-state index in [1.165, 1.54) is 24.6 Å². The molecule has 4 rings (SSSR count). The maximum atomic E-state index is 14.4. The van der Waals surface area contributed by atoms with Gasteiger partial charge in [0.05, 0.1) is 18.7 Å². The van der Waals surface area contributed by atoms with Crippen LogP contribution in [0.25, 0.3) is 0 Å². The summed E-state index contributed by atoms with van der Waals surface area (Å²) in [5.41, 5.74) is 1.75. The Bertz CT molecular complexity index is 1740. The zero-order valence-corrected chi connectivity index (χ0v) is 25.1. The van der Waals surface area contributed by atoms with Gasteiger partial charge in [0.1, 0.15) is 6.07 Å². The molecule has 1 aliphatic carbocycles. The van der Waals surface area contributed by atoms with E-state index in [4.69, 9.17) is 4.74 Å². The van der Waals surface area contributed by atoms with Crippen molar-refractivity contribution in [2.75, 3.05) is 18.5 Å². The molecule has 0 spiro atoms. The minimum Gasteiger partial charge on any atom is -0.425 e. The molecule has 0 aliphatic heterocycles. The first-order valence-electron chi connectivity index (χ1n) is 13.9. The van der Waals surface area contributed by atoms with E-state index in [2.05, 4.69) is 0 Å². The molecule has 1 aliphatic rings. The number of anilines is 1. The van der Waals surface area contributed by atoms with Crippen LogP contribution >= 0.6 is 0 Å². The van der Waals surface area contributed by atoms with Crippen molar-refractivity contribution >= 4 is 27.6 Å². The van der Waals surface area contributed by atoms with Gasteiger partial charge in [-0.3, -0.25) is 9.59 Å². The fourth-order valence-electron chi connectivity index (χ4n) is 5.18. The molecule has 0 bridgehead atoms. The summed E-state index contributed by atoms with van der Waals surface area (Å²) in [6.07, 6.45) is 5.54. The van der Waals surface area contributed by atoms with Crippen LogP contribution in [-0.4, -0.2) is 38.2 Å². The topological polar surface area (TPSA) is 108 Å². The van der Waals surface area contributed by atoms with Gasteiger partial charge in [-0.1, -0.05) is 43.5 Å². The Hall–Kier alpha value is -4.35. The largest absolute Gasteiger partial charge is 0.425 e. The van der Waals surface area contributed by atoms with Crippen molar-refractivity contribution < 1.29 is 44.7 Å². The fourth-order valence-corrected chi connectivity index (χ4v) is 6.40. The first kappa shape index (κ1) is 33.5. The molecular weight excluding hydrogens is 621 g/mol. The molecular formula is C31H28F5N3O5S. The Balaban J connectivity index is 1.69. The van der Waals surface area contributed by atoms with Crippen LogP contribution in [0.4, 0.5) is 27.6 Å². The molecule has 3 aromatic rings. The molecule has 1 amide bonds. The van der Waals surface area contributed by atoms with E-state index in [0.29, 0.717) is 11.5 Å². The van der Waals surface area contributed by atoms with Gasteiger partial charge in [0.25, 0.3) is 0 Å². The van der Waals surface area contributed by atoms with Crippen LogP contribution in [-0.2, 0) is 26.2 Å². The zero-order valence-electron chi connectivity index (χ0n) is 24.2. The van der Waals surface area contributed by atoms with Gasteiger partial charge in [-0.2, -0.15) is 9.57 Å². The second-order valence-electron chi connectivity index (χ2n) is 10.6. The standard InChI is InChI=1S/C31H28F5N3O5S/c1-18(40)44-24-14-23(13-12-22(24)15-37)39(16-19-8-10-21(11-9-19)20-6-4-3-5-7-20)25(41)17-38(2)45(42,43)31-29(35)27(33)26(32)28(34)30(31)36/h8-14,20H,3-7,16-17H2,1-2H3. The summed E-state index contributed by atoms with van der Waals surface area (Å²) in [5.74, 6) is -14.1. The second-order valence-corrected chi connectivity index (χ2v) is 12.6. The third-order valence-electron chi connectivity index (χ3n) is 7.54. The highest BCUT2D eigenvalue weighted by Gasteiger charge is 2.37. The zero-order chi connectivity index (χ0) is 33.1. The molecule has 0 unspecified atom stereocenters. The summed E-state index contributed by atoms with van der Waals surface area (Å²) in [6, 6.07) is 13.1. The Morgan fingerprint density at radius 2 is 1.49 bits per heavy atom. The first-order valence-corrected chi connectivity index (χ1v) is 15.3. The molecule has 1 fully saturated rings. The Labute approximate surface area is 256 Å². The number of benzene rings is 3. The van der Waals surface area contributed by atoms with Gasteiger partial charge < -0.3 is 9.64 Å². The van der Waals surface area contributed by atoms with Crippen LogP contribution in [0.3, 0.4) is 0 Å². The number of carbonyl (C=O) groups is 2. The predicted octanol–water partition coefficient (Wildman–Crippen LogP) is 6.08. The molecule has 0 heterocycles. The Morgan fingerprint density at radius 3 is 2.04 bits per heavy atom. The van der Waals surface area contributed by atoms with Gasteiger partial charge in [-0.05, 0) is 42.0 Å². The minimum absolute atomic E-state index is 0.0378. The highest BCUT2D eigenvalue weighted by atomic mass is 32.2. The van der Waals surface area contributed by atoms with Crippen LogP contribution in [0.15, 0.2) is 47.4 Å². The van der Waals surface area contributed by atoms with Crippen LogP contribution in [0.5, 0.6) is 5.75 Å². The van der Waals surface area contributed by atoms with Crippen molar-refractivity contribution in [3.8, 4) is 11.8 Å². The van der Waals surface area contributed by atoms with Crippen molar-refractivity contribution in [3.63, 3.8) is 0 Å². The number of esters is 1. The maximum absolute atomic E-state index is 14.4. The lowest BCUT2D eigenvalue weighted by Crippen LogP contribution is -2.41. The lowest BCUT2D eigenvalue weighted by molar-refractivity contribution is -0.131. The molecule has 0 aromatic heterocycles. The third-order valence-corrected chi connectivity index (χ3v) is 9.37. The normalized spacial score (nSPS) is 13.8. The molecule has 0 saturated heterocycles. The highest BCUT2D eigenvalue weighted by molar-refractivity contribution is 7.89. The predicted molar refractivity (Wildman–Crippen MR) is 152 cm³/mol. The van der Waals surface area contributed by atoms with Gasteiger partial charge in [0.15, 0.2) is 33.9 Å². The summed E-state index contributed by atoms with van der Waals surface area (Å²) in [7, 11) is -4.68. The molecule has 3 aromatic carbocycles. The highest BCUT2D eigenvalue weighted by Crippen LogP contribution is 2.34. The number of sulfonamides is 1. The SMILES string of the molecule is CC(=O)Oc1cc(N(Cc2ccc(C3CCCCC3)cc2)C(=O)CN(C)S(=O)(=O)c2c(F)c(F)c(F)c(F)c2F)ccc1C#N. The molecule has 0 N–H and O–H groups in total. The number of nitriles is 1. The molecule has 45 heavy (non-hydrogen) atoms. The van der Waals surface area contributed by atoms with Crippen molar-refractivity contribution in [1.29, 1.82) is 5.26 Å². The number of carbonyl (C=O) groups excluding carboxylic acids is 2. The number of nitrogens with zero attached hydrogens (tertiary/aromatic N) is 3. The number of halogens is 5. The van der Waals surface area contributed by atoms with E-state index in [1.807, 2.05) is 18.2 Å². The summed E-state index contributed by atoms with van der Waals surface area (Å²) >= 11 is 0. The monoisotopic (exact) mass is 649 g/mol. The number of rotatable bonds is 9. The molecule has 238 valence electrons. The van der Waals surface area contributed by atoms with E-state index >= 15 is 0 Å². The minimum atomic E-state index is -5.42. The number of likely N-dealkylation sites (N-methyl/N-ethyl adjacent to an activating group) is 1. The molecule has 14 heteroatoms. The van der Waals surface area contributed by atoms with Gasteiger partial charge in [0.2, 0.25) is 21.7 Å². The van der Waals surface area contributed by atoms with Crippen molar-refractivity contribution in [3.05, 3.63) is 88.2 Å². The third kappa shape index (κ3) is 7.15. The van der Waals surface area contributed by atoms with Crippen LogP contribution < -0.4 is 9.64 Å². The second kappa shape index (κ2) is 13.7. The van der Waals surface area contributed by atoms with Gasteiger partial charge in [-0.25, -0.2) is 30.4 Å². The lowest BCUT2D eigenvalue weighted by Gasteiger charge is -2.27. The average Bonchev–Trinajstić information content (AvgIpc) is 3.02. The molecule has 0 radical (unpaired) electrons. The van der Waals surface area contributed by atoms with Gasteiger partial charge in [0, 0.05) is 25.7 Å². The van der Waals surface area contributed by atoms with Gasteiger partial charge >= 0.3 is 5.97 Å². The Kier molecular flexibility index (Phi) is 10.2. The van der Waals surface area contributed by atoms with Gasteiger partial charge in [-0.15, -0.1) is 0 Å². The number of amides is 1. The summed E-state index contributed by atoms with van der Waals surface area (Å²) in [6.45, 7) is -0.152. The average molecular weight is 650 g/mol. The van der Waals surface area contributed by atoms with Crippen molar-refractivity contribution in [2.45, 2.75) is 56.4 Å². The molecule has 1 saturated carbocycles. The number of ether oxygens (including phenoxy) is 1. The number of hydrogen-bond donors (Lipinski definition) is 0. The van der Waals surface area contributed by atoms with E-state index in [0.717, 1.165) is 50.1 Å². The van der Waals surface area contributed by atoms with Crippen molar-refractivity contribution in [2.24, 2.45) is 0 Å². The maximum Gasteiger partial charge on any atom is 0.308 e. The van der Waals surface area contributed by atoms with E-state index in [1.54, 1.807) is 12.1 Å². The number of hydrogen-bond acceptors (Lipinski definition) is 6. The van der Waals surface area contributed by atoms with E-state index < -0.39 is 62.4 Å². The van der Waals surface area contributed by atoms with E-state index in [-0.39, 0.29) is 27.9 Å². The van der Waals surface area contributed by atoms with Crippen molar-refractivity contribution in [1.82, 2.24) is 4.31 Å². The summed E-state index contributed by atoms with van der Waals surface area (Å²) in [4.78, 5) is 24.3. The molecule has 8 nitrogen and oxygen atoms in total. The van der Waals surface area contributed by atoms with E-state index in [9.17, 15) is 45.2 Å². The summed E-state index contributed by atoms with van der Waals surface area (Å²) < 4.78 is 101. The Morgan fingerprint density at radius 1 is 0.911 bits per heavy atom. The summed E-state index contributed by atoms with van der Waals surface area (Å²) in [5, 5.41) is 9.42. The molecule has 0 atom stereocenters. The quantitative estimate of drug-likeness (QED) is 0.0915. The first-order chi connectivity index (χ1) is 21.3. The smallest absolute Gasteiger partial charge is 0.308 e. The van der Waals surface area contributed by atoms with Crippen LogP contribution in [0.1, 0.15) is 61.6 Å². The fraction of sp³-hybridized carbons (Fsp3) is 0.323. The lowest BCUT2D eigenvalue weighted by atomic mass is 9.84. The van der Waals surface area contributed by atoms with Crippen LogP contribution in [0.2, 0.25) is 0 Å². The van der Waals surface area contributed by atoms with Crippen LogP contribution in [0, 0.1) is 40.4 Å².